The molecule has 1 aromatic carbocycles. The zero-order valence-electron chi connectivity index (χ0n) is 16.0. The molecule has 1 aliphatic rings. The van der Waals surface area contributed by atoms with Gasteiger partial charge in [-0.1, -0.05) is 33.8 Å². The minimum absolute atomic E-state index is 0.0834. The van der Waals surface area contributed by atoms with Crippen molar-refractivity contribution in [2.75, 3.05) is 6.61 Å². The highest BCUT2D eigenvalue weighted by Gasteiger charge is 2.35. The van der Waals surface area contributed by atoms with Gasteiger partial charge in [-0.3, -0.25) is 4.79 Å². The molecule has 0 aliphatic heterocycles. The molecular formula is C21H28BrFO2. The van der Waals surface area contributed by atoms with Crippen LogP contribution in [-0.2, 0) is 5.41 Å². The molecule has 2 rings (SSSR count). The van der Waals surface area contributed by atoms with Crippen LogP contribution >= 0.6 is 15.9 Å². The molecule has 0 bridgehead atoms. The van der Waals surface area contributed by atoms with Crippen molar-refractivity contribution in [3.8, 4) is 5.75 Å². The number of rotatable bonds is 6. The number of hydrogen-bond donors (Lipinski definition) is 0. The summed E-state index contributed by atoms with van der Waals surface area (Å²) in [4.78, 5) is 12.5. The standard InChI is InChI=1S/C21H28BrFO2/c1-7-12(3)14-9-10-21(5,6)17-15(14)11-16(19(24)13(4)23)20(18(17)22)25-8-2/h9,11-13H,7-8,10H2,1-6H3. The molecule has 0 spiro atoms. The summed E-state index contributed by atoms with van der Waals surface area (Å²) in [7, 11) is 0. The van der Waals surface area contributed by atoms with Gasteiger partial charge < -0.3 is 4.74 Å². The van der Waals surface area contributed by atoms with Gasteiger partial charge in [0.15, 0.2) is 12.0 Å². The van der Waals surface area contributed by atoms with E-state index in [9.17, 15) is 9.18 Å². The van der Waals surface area contributed by atoms with Crippen LogP contribution in [0.15, 0.2) is 16.6 Å². The number of halogens is 2. The molecule has 0 N–H and O–H groups in total. The zero-order valence-corrected chi connectivity index (χ0v) is 17.6. The minimum Gasteiger partial charge on any atom is -0.492 e. The SMILES string of the molecule is CCOc1c(C(=O)C(C)F)cc2c(c1Br)C(C)(C)CC=C2C(C)CC. The lowest BCUT2D eigenvalue weighted by atomic mass is 9.70. The quantitative estimate of drug-likeness (QED) is 0.500. The van der Waals surface area contributed by atoms with Crippen molar-refractivity contribution in [3.63, 3.8) is 0 Å². The fraction of sp³-hybridized carbons (Fsp3) is 0.571. The van der Waals surface area contributed by atoms with Crippen LogP contribution in [-0.4, -0.2) is 18.6 Å². The lowest BCUT2D eigenvalue weighted by Gasteiger charge is -2.36. The van der Waals surface area contributed by atoms with E-state index >= 15 is 0 Å². The van der Waals surface area contributed by atoms with Crippen LogP contribution in [0.1, 0.15) is 75.9 Å². The Hall–Kier alpha value is -1.16. The number of ether oxygens (including phenoxy) is 1. The summed E-state index contributed by atoms with van der Waals surface area (Å²) in [6, 6.07) is 1.85. The lowest BCUT2D eigenvalue weighted by molar-refractivity contribution is 0.0888. The van der Waals surface area contributed by atoms with Gasteiger partial charge in [0, 0.05) is 0 Å². The molecule has 0 aromatic heterocycles. The molecule has 4 heteroatoms. The van der Waals surface area contributed by atoms with E-state index in [4.69, 9.17) is 4.74 Å². The van der Waals surface area contributed by atoms with Gasteiger partial charge >= 0.3 is 0 Å². The molecule has 0 radical (unpaired) electrons. The molecule has 0 heterocycles. The zero-order chi connectivity index (χ0) is 18.9. The molecule has 0 saturated heterocycles. The Balaban J connectivity index is 2.81. The summed E-state index contributed by atoms with van der Waals surface area (Å²) in [6.07, 6.45) is 2.66. The third-order valence-corrected chi connectivity index (χ3v) is 5.86. The Labute approximate surface area is 159 Å². The van der Waals surface area contributed by atoms with Crippen molar-refractivity contribution in [1.82, 2.24) is 0 Å². The molecule has 0 saturated carbocycles. The highest BCUT2D eigenvalue weighted by molar-refractivity contribution is 9.10. The van der Waals surface area contributed by atoms with Crippen LogP contribution in [0.3, 0.4) is 0 Å². The second kappa shape index (κ2) is 7.61. The Morgan fingerprint density at radius 2 is 2.00 bits per heavy atom. The number of allylic oxidation sites excluding steroid dienone is 2. The number of carbonyl (C=O) groups is 1. The van der Waals surface area contributed by atoms with Crippen LogP contribution in [0.4, 0.5) is 4.39 Å². The number of fused-ring (bicyclic) bond motifs is 1. The fourth-order valence-electron chi connectivity index (χ4n) is 3.47. The number of carbonyl (C=O) groups excluding carboxylic acids is 1. The molecule has 2 unspecified atom stereocenters. The van der Waals surface area contributed by atoms with Crippen molar-refractivity contribution in [2.45, 2.75) is 66.0 Å². The van der Waals surface area contributed by atoms with E-state index in [1.54, 1.807) is 0 Å². The van der Waals surface area contributed by atoms with Gasteiger partial charge in [-0.05, 0) is 76.7 Å². The van der Waals surface area contributed by atoms with E-state index in [2.05, 4.69) is 49.7 Å². The first-order valence-corrected chi connectivity index (χ1v) is 9.83. The van der Waals surface area contributed by atoms with Gasteiger partial charge in [-0.15, -0.1) is 0 Å². The molecule has 0 amide bonds. The molecular weight excluding hydrogens is 383 g/mol. The topological polar surface area (TPSA) is 26.3 Å². The van der Waals surface area contributed by atoms with Gasteiger partial charge in [-0.25, -0.2) is 4.39 Å². The first-order valence-electron chi connectivity index (χ1n) is 9.04. The van der Waals surface area contributed by atoms with Crippen molar-refractivity contribution in [3.05, 3.63) is 33.3 Å². The Kier molecular flexibility index (Phi) is 6.13. The van der Waals surface area contributed by atoms with E-state index in [1.165, 1.54) is 12.5 Å². The van der Waals surface area contributed by atoms with Crippen LogP contribution in [0.5, 0.6) is 5.75 Å². The fourth-order valence-corrected chi connectivity index (χ4v) is 4.55. The average molecular weight is 411 g/mol. The number of ketones is 1. The summed E-state index contributed by atoms with van der Waals surface area (Å²) < 4.78 is 20.4. The summed E-state index contributed by atoms with van der Waals surface area (Å²) in [5.74, 6) is 0.318. The van der Waals surface area contributed by atoms with E-state index < -0.39 is 12.0 Å². The molecule has 25 heavy (non-hydrogen) atoms. The predicted octanol–water partition coefficient (Wildman–Crippen LogP) is 6.50. The molecule has 0 fully saturated rings. The van der Waals surface area contributed by atoms with Gasteiger partial charge in [0.25, 0.3) is 0 Å². The molecule has 1 aromatic rings. The summed E-state index contributed by atoms with van der Waals surface area (Å²) in [5, 5.41) is 0. The Bertz CT molecular complexity index is 704. The van der Waals surface area contributed by atoms with Gasteiger partial charge in [0.2, 0.25) is 0 Å². The van der Waals surface area contributed by atoms with E-state index in [0.717, 1.165) is 28.4 Å². The molecule has 1 aliphatic carbocycles. The second-order valence-corrected chi connectivity index (χ2v) is 8.25. The van der Waals surface area contributed by atoms with Crippen molar-refractivity contribution >= 4 is 27.3 Å². The molecule has 138 valence electrons. The van der Waals surface area contributed by atoms with Gasteiger partial charge in [-0.2, -0.15) is 0 Å². The first kappa shape index (κ1) is 20.2. The summed E-state index contributed by atoms with van der Waals surface area (Å²) in [5.41, 5.74) is 3.68. The van der Waals surface area contributed by atoms with Crippen LogP contribution in [0, 0.1) is 5.92 Å². The normalized spacial score (nSPS) is 18.2. The largest absolute Gasteiger partial charge is 0.492 e. The third-order valence-electron chi connectivity index (χ3n) is 5.10. The third kappa shape index (κ3) is 3.69. The molecule has 2 nitrogen and oxygen atoms in total. The maximum absolute atomic E-state index is 13.8. The van der Waals surface area contributed by atoms with Crippen molar-refractivity contribution in [2.24, 2.45) is 5.92 Å². The summed E-state index contributed by atoms with van der Waals surface area (Å²) in [6.45, 7) is 12.3. The minimum atomic E-state index is -1.56. The lowest BCUT2D eigenvalue weighted by Crippen LogP contribution is -2.25. The molecule has 2 atom stereocenters. The first-order chi connectivity index (χ1) is 11.7. The van der Waals surface area contributed by atoms with Crippen LogP contribution < -0.4 is 4.74 Å². The van der Waals surface area contributed by atoms with E-state index in [0.29, 0.717) is 23.8 Å². The summed E-state index contributed by atoms with van der Waals surface area (Å²) >= 11 is 3.68. The monoisotopic (exact) mass is 410 g/mol. The van der Waals surface area contributed by atoms with E-state index in [1.807, 2.05) is 13.0 Å². The number of alkyl halides is 1. The Morgan fingerprint density at radius 3 is 2.52 bits per heavy atom. The average Bonchev–Trinajstić information content (AvgIpc) is 2.55. The highest BCUT2D eigenvalue weighted by atomic mass is 79.9. The Morgan fingerprint density at radius 1 is 1.36 bits per heavy atom. The van der Waals surface area contributed by atoms with E-state index in [-0.39, 0.29) is 5.41 Å². The van der Waals surface area contributed by atoms with Crippen molar-refractivity contribution < 1.29 is 13.9 Å². The smallest absolute Gasteiger partial charge is 0.200 e. The van der Waals surface area contributed by atoms with Gasteiger partial charge in [0.05, 0.1) is 16.6 Å². The maximum Gasteiger partial charge on any atom is 0.200 e. The van der Waals surface area contributed by atoms with Gasteiger partial charge in [0.1, 0.15) is 5.75 Å². The van der Waals surface area contributed by atoms with Crippen LogP contribution in [0.25, 0.3) is 5.57 Å². The number of hydrogen-bond acceptors (Lipinski definition) is 2. The number of benzene rings is 1. The second-order valence-electron chi connectivity index (χ2n) is 7.46. The number of Topliss-reactive ketones (excluding diaryl/α,β-unsaturated/α-hetero) is 1. The highest BCUT2D eigenvalue weighted by Crippen LogP contribution is 2.49. The predicted molar refractivity (Wildman–Crippen MR) is 105 cm³/mol. The van der Waals surface area contributed by atoms with Crippen LogP contribution in [0.2, 0.25) is 0 Å². The maximum atomic E-state index is 13.8. The van der Waals surface area contributed by atoms with Crippen molar-refractivity contribution in [1.29, 1.82) is 0 Å².